The van der Waals surface area contributed by atoms with Gasteiger partial charge in [0.05, 0.1) is 12.5 Å². The van der Waals surface area contributed by atoms with Crippen molar-refractivity contribution >= 4 is 23.1 Å². The van der Waals surface area contributed by atoms with Crippen molar-refractivity contribution in [2.75, 3.05) is 0 Å². The summed E-state index contributed by atoms with van der Waals surface area (Å²) in [6, 6.07) is 1.91. The maximum atomic E-state index is 4.77. The maximum Gasteiger partial charge on any atom is 2.00 e. The van der Waals surface area contributed by atoms with Gasteiger partial charge in [-0.1, -0.05) is 0 Å². The van der Waals surface area contributed by atoms with E-state index in [1.807, 2.05) is 6.07 Å². The van der Waals surface area contributed by atoms with Crippen LogP contribution in [0.3, 0.4) is 0 Å². The monoisotopic (exact) mass is 198 g/mol. The predicted molar refractivity (Wildman–Crippen MR) is 33.5 cm³/mol. The summed E-state index contributed by atoms with van der Waals surface area (Å²) in [5.74, 6) is 0. The molecule has 0 aromatic carbocycles. The summed E-state index contributed by atoms with van der Waals surface area (Å²) in [6.45, 7) is 3.67. The van der Waals surface area contributed by atoms with Gasteiger partial charge in [-0.2, -0.15) is 6.42 Å². The first-order valence-electron chi connectivity index (χ1n) is 2.24. The molecule has 1 heterocycles. The fourth-order valence-electron chi connectivity index (χ4n) is 0.435. The number of hydrogen-bond acceptors (Lipinski definition) is 1. The van der Waals surface area contributed by atoms with E-state index in [1.165, 1.54) is 0 Å². The molecule has 46 valence electrons. The van der Waals surface area contributed by atoms with E-state index in [4.69, 9.17) is 4.42 Å². The molecule has 3 heteroatoms. The molecule has 0 saturated carbocycles. The molecule has 0 N–H and O–H groups in total. The second-order valence-electron chi connectivity index (χ2n) is 1.38. The van der Waals surface area contributed by atoms with Crippen molar-refractivity contribution in [2.24, 2.45) is 0 Å². The van der Waals surface area contributed by atoms with Crippen LogP contribution in [0.4, 0.5) is 0 Å². The van der Waals surface area contributed by atoms with Gasteiger partial charge >= 0.3 is 23.1 Å². The largest absolute Gasteiger partial charge is 2.00 e. The fraction of sp³-hybridized carbons (Fsp3) is 0.167. The summed E-state index contributed by atoms with van der Waals surface area (Å²) in [4.78, 5) is 0. The summed E-state index contributed by atoms with van der Waals surface area (Å²) in [5.41, 5.74) is 1.15. The standard InChI is InChI=1S/C6H7O.BrH.Mg/c1-2-6-3-4-7-5-6;;/h3-5H,1-2H2;1H;/q-1;;+2/p-1. The molecule has 0 unspecified atom stereocenters. The van der Waals surface area contributed by atoms with Crippen LogP contribution in [0.1, 0.15) is 5.56 Å². The fourth-order valence-corrected chi connectivity index (χ4v) is 0.435. The van der Waals surface area contributed by atoms with Gasteiger partial charge in [0.25, 0.3) is 0 Å². The quantitative estimate of drug-likeness (QED) is 0.387. The third kappa shape index (κ3) is 4.00. The van der Waals surface area contributed by atoms with Crippen LogP contribution >= 0.6 is 0 Å². The van der Waals surface area contributed by atoms with Crippen LogP contribution in [0.15, 0.2) is 23.0 Å². The SMILES string of the molecule is [Br-].[CH2-]Cc1ccoc1.[Mg+2]. The van der Waals surface area contributed by atoms with Gasteiger partial charge in [-0.3, -0.25) is 0 Å². The van der Waals surface area contributed by atoms with Gasteiger partial charge in [0.1, 0.15) is 0 Å². The van der Waals surface area contributed by atoms with Crippen molar-refractivity contribution in [1.82, 2.24) is 0 Å². The molecule has 0 aliphatic carbocycles. The molecule has 0 atom stereocenters. The van der Waals surface area contributed by atoms with Crippen molar-refractivity contribution in [1.29, 1.82) is 0 Å². The Morgan fingerprint density at radius 3 is 2.44 bits per heavy atom. The van der Waals surface area contributed by atoms with Crippen LogP contribution in [0.25, 0.3) is 0 Å². The molecular weight excluding hydrogens is 192 g/mol. The normalized spacial score (nSPS) is 7.22. The first kappa shape index (κ1) is 12.2. The first-order valence-corrected chi connectivity index (χ1v) is 2.24. The zero-order chi connectivity index (χ0) is 5.11. The van der Waals surface area contributed by atoms with Crippen molar-refractivity contribution in [2.45, 2.75) is 6.42 Å². The summed E-state index contributed by atoms with van der Waals surface area (Å²) >= 11 is 0. The molecule has 0 spiro atoms. The Labute approximate surface area is 81.7 Å². The zero-order valence-electron chi connectivity index (χ0n) is 5.14. The van der Waals surface area contributed by atoms with E-state index in [0.29, 0.717) is 0 Å². The summed E-state index contributed by atoms with van der Waals surface area (Å²) in [6.07, 6.45) is 4.17. The van der Waals surface area contributed by atoms with Gasteiger partial charge in [-0.25, -0.2) is 0 Å². The number of hydrogen-bond donors (Lipinski definition) is 0. The van der Waals surface area contributed by atoms with E-state index in [9.17, 15) is 0 Å². The van der Waals surface area contributed by atoms with Gasteiger partial charge in [0.2, 0.25) is 0 Å². The summed E-state index contributed by atoms with van der Waals surface area (Å²) in [5, 5.41) is 0. The second-order valence-corrected chi connectivity index (χ2v) is 1.38. The molecule has 1 rings (SSSR count). The minimum absolute atomic E-state index is 0. The Hall–Kier alpha value is 0.526. The number of halogens is 1. The molecule has 0 aliphatic rings. The Bertz CT molecular complexity index is 128. The third-order valence-corrected chi connectivity index (χ3v) is 0.869. The molecule has 0 aliphatic heterocycles. The molecule has 1 nitrogen and oxygen atoms in total. The second kappa shape index (κ2) is 6.64. The van der Waals surface area contributed by atoms with E-state index < -0.39 is 0 Å². The average Bonchev–Trinajstić information content (AvgIpc) is 2.14. The molecule has 0 bridgehead atoms. The maximum absolute atomic E-state index is 4.77. The Balaban J connectivity index is 0. The van der Waals surface area contributed by atoms with Crippen LogP contribution < -0.4 is 17.0 Å². The van der Waals surface area contributed by atoms with Crippen molar-refractivity contribution in [3.05, 3.63) is 31.1 Å². The van der Waals surface area contributed by atoms with Crippen LogP contribution in [0, 0.1) is 6.92 Å². The summed E-state index contributed by atoms with van der Waals surface area (Å²) < 4.78 is 4.77. The third-order valence-electron chi connectivity index (χ3n) is 0.869. The predicted octanol–water partition coefficient (Wildman–Crippen LogP) is -1.72. The van der Waals surface area contributed by atoms with E-state index in [1.54, 1.807) is 12.5 Å². The van der Waals surface area contributed by atoms with E-state index in [0.717, 1.165) is 12.0 Å². The van der Waals surface area contributed by atoms with Crippen LogP contribution in [0.2, 0.25) is 0 Å². The molecule has 9 heavy (non-hydrogen) atoms. The topological polar surface area (TPSA) is 13.1 Å². The molecule has 1 aromatic rings. The minimum Gasteiger partial charge on any atom is -1.00 e. The smallest absolute Gasteiger partial charge is 1.00 e. The Morgan fingerprint density at radius 1 is 1.56 bits per heavy atom. The van der Waals surface area contributed by atoms with Gasteiger partial charge in [-0.15, -0.1) is 0 Å². The molecule has 0 amide bonds. The van der Waals surface area contributed by atoms with Gasteiger partial charge in [0.15, 0.2) is 0 Å². The van der Waals surface area contributed by atoms with Gasteiger partial charge in [-0.05, 0) is 11.6 Å². The van der Waals surface area contributed by atoms with Crippen LogP contribution in [0.5, 0.6) is 0 Å². The van der Waals surface area contributed by atoms with Gasteiger partial charge in [0, 0.05) is 0 Å². The van der Waals surface area contributed by atoms with Gasteiger partial charge < -0.3 is 28.3 Å². The minimum atomic E-state index is 0. The first-order chi connectivity index (χ1) is 3.43. The Kier molecular flexibility index (Phi) is 9.02. The van der Waals surface area contributed by atoms with Crippen molar-refractivity contribution in [3.8, 4) is 0 Å². The van der Waals surface area contributed by atoms with E-state index in [-0.39, 0.29) is 40.0 Å². The zero-order valence-corrected chi connectivity index (χ0v) is 8.14. The van der Waals surface area contributed by atoms with Crippen LogP contribution in [-0.4, -0.2) is 23.1 Å². The van der Waals surface area contributed by atoms with Crippen LogP contribution in [-0.2, 0) is 6.42 Å². The average molecular weight is 199 g/mol. The molecule has 1 aromatic heterocycles. The molecular formula is C6H7BrMgO. The molecule has 0 fully saturated rings. The van der Waals surface area contributed by atoms with Crippen molar-refractivity contribution in [3.63, 3.8) is 0 Å². The molecule has 0 saturated heterocycles. The molecule has 0 radical (unpaired) electrons. The van der Waals surface area contributed by atoms with Crippen molar-refractivity contribution < 1.29 is 21.4 Å². The number of rotatable bonds is 1. The van der Waals surface area contributed by atoms with E-state index >= 15 is 0 Å². The summed E-state index contributed by atoms with van der Waals surface area (Å²) in [7, 11) is 0. The van der Waals surface area contributed by atoms with E-state index in [2.05, 4.69) is 6.92 Å². The number of furan rings is 1. The Morgan fingerprint density at radius 2 is 2.22 bits per heavy atom.